The van der Waals surface area contributed by atoms with Crippen molar-refractivity contribution in [2.75, 3.05) is 7.11 Å². The molecule has 1 heterocycles. The lowest BCUT2D eigenvalue weighted by atomic mass is 10.0. The smallest absolute Gasteiger partial charge is 0.118 e. The Balaban J connectivity index is 1.69. The number of nitrogens with one attached hydrogen (secondary N) is 1. The summed E-state index contributed by atoms with van der Waals surface area (Å²) in [5.74, 6) is 1.69. The average Bonchev–Trinajstić information content (AvgIpc) is 3.15. The van der Waals surface area contributed by atoms with Crippen molar-refractivity contribution in [3.8, 4) is 5.75 Å². The molecule has 3 nitrogen and oxygen atoms in total. The SMILES string of the molecule is COc1ccc(C(NCc2nccs2)C2CC2)cc1. The fraction of sp³-hybridized carbons (Fsp3) is 0.400. The van der Waals surface area contributed by atoms with Crippen LogP contribution in [0.4, 0.5) is 0 Å². The maximum Gasteiger partial charge on any atom is 0.118 e. The fourth-order valence-corrected chi connectivity index (χ4v) is 2.90. The van der Waals surface area contributed by atoms with Crippen molar-refractivity contribution >= 4 is 11.3 Å². The highest BCUT2D eigenvalue weighted by molar-refractivity contribution is 7.09. The highest BCUT2D eigenvalue weighted by atomic mass is 32.1. The second-order valence-electron chi connectivity index (χ2n) is 4.90. The lowest BCUT2D eigenvalue weighted by molar-refractivity contribution is 0.413. The summed E-state index contributed by atoms with van der Waals surface area (Å²) in [6, 6.07) is 8.84. The van der Waals surface area contributed by atoms with Crippen LogP contribution < -0.4 is 10.1 Å². The van der Waals surface area contributed by atoms with Gasteiger partial charge in [0.2, 0.25) is 0 Å². The maximum absolute atomic E-state index is 5.22. The lowest BCUT2D eigenvalue weighted by Crippen LogP contribution is -2.22. The third-order valence-corrected chi connectivity index (χ3v) is 4.30. The van der Waals surface area contributed by atoms with Crippen LogP contribution in [-0.4, -0.2) is 12.1 Å². The van der Waals surface area contributed by atoms with E-state index in [1.54, 1.807) is 18.4 Å². The van der Waals surface area contributed by atoms with Gasteiger partial charge in [-0.15, -0.1) is 11.3 Å². The van der Waals surface area contributed by atoms with Crippen LogP contribution in [0.15, 0.2) is 35.8 Å². The Bertz CT molecular complexity index is 505. The van der Waals surface area contributed by atoms with Crippen molar-refractivity contribution in [2.45, 2.75) is 25.4 Å². The molecule has 0 radical (unpaired) electrons. The van der Waals surface area contributed by atoms with Gasteiger partial charge in [0.05, 0.1) is 7.11 Å². The second-order valence-corrected chi connectivity index (χ2v) is 5.87. The standard InChI is InChI=1S/C15H18N2OS/c1-18-13-6-4-12(5-7-13)15(11-2-3-11)17-10-14-16-8-9-19-14/h4-9,11,15,17H,2-3,10H2,1H3. The average molecular weight is 274 g/mol. The zero-order valence-corrected chi connectivity index (χ0v) is 11.8. The van der Waals surface area contributed by atoms with Gasteiger partial charge in [0, 0.05) is 24.2 Å². The molecule has 1 aliphatic rings. The maximum atomic E-state index is 5.22. The minimum Gasteiger partial charge on any atom is -0.497 e. The molecular weight excluding hydrogens is 256 g/mol. The molecule has 0 spiro atoms. The molecule has 0 amide bonds. The summed E-state index contributed by atoms with van der Waals surface area (Å²) in [6.07, 6.45) is 4.50. The van der Waals surface area contributed by atoms with Crippen molar-refractivity contribution in [3.63, 3.8) is 0 Å². The zero-order chi connectivity index (χ0) is 13.1. The summed E-state index contributed by atoms with van der Waals surface area (Å²) in [5, 5.41) is 6.82. The Morgan fingerprint density at radius 2 is 2.16 bits per heavy atom. The summed E-state index contributed by atoms with van der Waals surface area (Å²) < 4.78 is 5.22. The third-order valence-electron chi connectivity index (χ3n) is 3.52. The molecule has 1 aliphatic carbocycles. The molecule has 19 heavy (non-hydrogen) atoms. The molecular formula is C15H18N2OS. The number of ether oxygens (including phenoxy) is 1. The predicted molar refractivity (Wildman–Crippen MR) is 77.4 cm³/mol. The number of hydrogen-bond acceptors (Lipinski definition) is 4. The van der Waals surface area contributed by atoms with Gasteiger partial charge < -0.3 is 10.1 Å². The van der Waals surface area contributed by atoms with Gasteiger partial charge in [-0.2, -0.15) is 0 Å². The molecule has 0 bridgehead atoms. The van der Waals surface area contributed by atoms with Crippen molar-refractivity contribution in [2.24, 2.45) is 5.92 Å². The van der Waals surface area contributed by atoms with E-state index in [-0.39, 0.29) is 0 Å². The van der Waals surface area contributed by atoms with Crippen LogP contribution in [-0.2, 0) is 6.54 Å². The molecule has 1 atom stereocenters. The molecule has 1 saturated carbocycles. The second kappa shape index (κ2) is 5.72. The van der Waals surface area contributed by atoms with Crippen molar-refractivity contribution in [1.29, 1.82) is 0 Å². The van der Waals surface area contributed by atoms with Gasteiger partial charge in [-0.3, -0.25) is 0 Å². The third kappa shape index (κ3) is 3.14. The number of nitrogens with zero attached hydrogens (tertiary/aromatic N) is 1. The Morgan fingerprint density at radius 3 is 2.74 bits per heavy atom. The van der Waals surface area contributed by atoms with Crippen LogP contribution in [0.5, 0.6) is 5.75 Å². The number of thiazole rings is 1. The zero-order valence-electron chi connectivity index (χ0n) is 11.0. The Morgan fingerprint density at radius 1 is 1.37 bits per heavy atom. The van der Waals surface area contributed by atoms with Crippen LogP contribution in [0.1, 0.15) is 29.5 Å². The molecule has 0 saturated heterocycles. The highest BCUT2D eigenvalue weighted by Gasteiger charge is 2.32. The summed E-state index contributed by atoms with van der Waals surface area (Å²) in [7, 11) is 1.70. The number of benzene rings is 1. The largest absolute Gasteiger partial charge is 0.497 e. The summed E-state index contributed by atoms with van der Waals surface area (Å²) in [6.45, 7) is 0.852. The predicted octanol–water partition coefficient (Wildman–Crippen LogP) is 3.39. The van der Waals surface area contributed by atoms with E-state index in [2.05, 4.69) is 22.4 Å². The lowest BCUT2D eigenvalue weighted by Gasteiger charge is -2.18. The topological polar surface area (TPSA) is 34.1 Å². The number of hydrogen-bond donors (Lipinski definition) is 1. The van der Waals surface area contributed by atoms with Crippen molar-refractivity contribution in [1.82, 2.24) is 10.3 Å². The van der Waals surface area contributed by atoms with Crippen LogP contribution in [0.2, 0.25) is 0 Å². The van der Waals surface area contributed by atoms with E-state index in [4.69, 9.17) is 4.74 Å². The van der Waals surface area contributed by atoms with E-state index in [0.717, 1.165) is 23.2 Å². The molecule has 1 unspecified atom stereocenters. The van der Waals surface area contributed by atoms with Gasteiger partial charge in [-0.05, 0) is 36.5 Å². The van der Waals surface area contributed by atoms with Gasteiger partial charge in [0.1, 0.15) is 10.8 Å². The molecule has 4 heteroatoms. The van der Waals surface area contributed by atoms with E-state index in [9.17, 15) is 0 Å². The van der Waals surface area contributed by atoms with Gasteiger partial charge in [0.15, 0.2) is 0 Å². The first-order chi connectivity index (χ1) is 9.36. The van der Waals surface area contributed by atoms with E-state index in [1.165, 1.54) is 18.4 Å². The minimum absolute atomic E-state index is 0.440. The molecule has 100 valence electrons. The first-order valence-electron chi connectivity index (χ1n) is 6.62. The van der Waals surface area contributed by atoms with E-state index in [1.807, 2.05) is 23.7 Å². The van der Waals surface area contributed by atoms with Crippen LogP contribution >= 0.6 is 11.3 Å². The van der Waals surface area contributed by atoms with E-state index in [0.29, 0.717) is 6.04 Å². The molecule has 1 fully saturated rings. The molecule has 0 aliphatic heterocycles. The van der Waals surface area contributed by atoms with Gasteiger partial charge in [-0.1, -0.05) is 12.1 Å². The summed E-state index contributed by atoms with van der Waals surface area (Å²) in [4.78, 5) is 4.33. The normalized spacial score (nSPS) is 16.3. The Hall–Kier alpha value is -1.39. The van der Waals surface area contributed by atoms with E-state index >= 15 is 0 Å². The molecule has 3 rings (SSSR count). The minimum atomic E-state index is 0.440. The van der Waals surface area contributed by atoms with E-state index < -0.39 is 0 Å². The van der Waals surface area contributed by atoms with Crippen molar-refractivity contribution in [3.05, 3.63) is 46.4 Å². The Labute approximate surface area is 117 Å². The van der Waals surface area contributed by atoms with Crippen LogP contribution in [0.25, 0.3) is 0 Å². The Kier molecular flexibility index (Phi) is 3.80. The number of rotatable bonds is 6. The molecule has 1 aromatic heterocycles. The number of aromatic nitrogens is 1. The van der Waals surface area contributed by atoms with Gasteiger partial charge in [-0.25, -0.2) is 4.98 Å². The first-order valence-corrected chi connectivity index (χ1v) is 7.50. The van der Waals surface area contributed by atoms with Crippen LogP contribution in [0, 0.1) is 5.92 Å². The first kappa shape index (κ1) is 12.6. The van der Waals surface area contributed by atoms with Crippen molar-refractivity contribution < 1.29 is 4.74 Å². The molecule has 1 aromatic carbocycles. The van der Waals surface area contributed by atoms with Crippen LogP contribution in [0.3, 0.4) is 0 Å². The highest BCUT2D eigenvalue weighted by Crippen LogP contribution is 2.41. The molecule has 1 N–H and O–H groups in total. The van der Waals surface area contributed by atoms with Gasteiger partial charge >= 0.3 is 0 Å². The van der Waals surface area contributed by atoms with Gasteiger partial charge in [0.25, 0.3) is 0 Å². The monoisotopic (exact) mass is 274 g/mol. The quantitative estimate of drug-likeness (QED) is 0.876. The fourth-order valence-electron chi connectivity index (χ4n) is 2.34. The number of methoxy groups -OCH3 is 1. The molecule has 2 aromatic rings. The summed E-state index contributed by atoms with van der Waals surface area (Å²) >= 11 is 1.70. The summed E-state index contributed by atoms with van der Waals surface area (Å²) in [5.41, 5.74) is 1.35.